The number of hydrogen-bond acceptors (Lipinski definition) is 0. The molecule has 0 atom stereocenters. The summed E-state index contributed by atoms with van der Waals surface area (Å²) in [6.45, 7) is 5.67. The standard InChI is InChI=1S/C7H12Cl2/c1-3-4-7(2,5-8)6-9/h3H,1,4-6H2,2H3. The summed E-state index contributed by atoms with van der Waals surface area (Å²) in [5.41, 5.74) is 0.0465. The molecule has 0 saturated carbocycles. The third-order valence-electron chi connectivity index (χ3n) is 1.28. The SMILES string of the molecule is C=CCC(C)(CCl)CCl. The molecule has 0 aliphatic carbocycles. The largest absolute Gasteiger partial charge is 0.126 e. The van der Waals surface area contributed by atoms with E-state index in [2.05, 4.69) is 13.5 Å². The minimum absolute atomic E-state index is 0.0465. The highest BCUT2D eigenvalue weighted by molar-refractivity contribution is 6.21. The Hall–Kier alpha value is 0.320. The fraction of sp³-hybridized carbons (Fsp3) is 0.714. The van der Waals surface area contributed by atoms with Crippen molar-refractivity contribution in [2.24, 2.45) is 5.41 Å². The second-order valence-corrected chi connectivity index (χ2v) is 3.11. The molecule has 0 rings (SSSR count). The van der Waals surface area contributed by atoms with Gasteiger partial charge in [-0.15, -0.1) is 29.8 Å². The first-order valence-corrected chi connectivity index (χ1v) is 3.98. The maximum atomic E-state index is 5.66. The highest BCUT2D eigenvalue weighted by Gasteiger charge is 2.19. The number of rotatable bonds is 4. The van der Waals surface area contributed by atoms with Gasteiger partial charge in [0, 0.05) is 11.8 Å². The Morgan fingerprint density at radius 1 is 1.44 bits per heavy atom. The number of allylic oxidation sites excluding steroid dienone is 1. The van der Waals surface area contributed by atoms with Crippen LogP contribution in [0.2, 0.25) is 0 Å². The molecule has 0 bridgehead atoms. The fourth-order valence-electron chi connectivity index (χ4n) is 0.493. The highest BCUT2D eigenvalue weighted by Crippen LogP contribution is 2.24. The number of hydrogen-bond donors (Lipinski definition) is 0. The summed E-state index contributed by atoms with van der Waals surface area (Å²) in [4.78, 5) is 0. The highest BCUT2D eigenvalue weighted by atomic mass is 35.5. The van der Waals surface area contributed by atoms with Crippen LogP contribution < -0.4 is 0 Å². The third kappa shape index (κ3) is 3.12. The average Bonchev–Trinajstić information content (AvgIpc) is 1.89. The summed E-state index contributed by atoms with van der Waals surface area (Å²) in [5.74, 6) is 1.20. The molecule has 9 heavy (non-hydrogen) atoms. The normalized spacial score (nSPS) is 11.4. The van der Waals surface area contributed by atoms with Crippen LogP contribution in [0, 0.1) is 5.41 Å². The Morgan fingerprint density at radius 3 is 2.00 bits per heavy atom. The Balaban J connectivity index is 3.75. The van der Waals surface area contributed by atoms with Gasteiger partial charge in [-0.05, 0) is 11.8 Å². The first-order chi connectivity index (χ1) is 4.18. The molecule has 0 spiro atoms. The summed E-state index contributed by atoms with van der Waals surface area (Å²) >= 11 is 11.3. The van der Waals surface area contributed by atoms with Crippen molar-refractivity contribution in [2.45, 2.75) is 13.3 Å². The molecule has 0 aliphatic rings. The molecule has 0 aromatic carbocycles. The van der Waals surface area contributed by atoms with E-state index in [1.54, 1.807) is 0 Å². The molecule has 0 amide bonds. The molecule has 0 saturated heterocycles. The van der Waals surface area contributed by atoms with E-state index in [1.165, 1.54) is 0 Å². The predicted octanol–water partition coefficient (Wildman–Crippen LogP) is 3.05. The van der Waals surface area contributed by atoms with Crippen LogP contribution in [0.3, 0.4) is 0 Å². The van der Waals surface area contributed by atoms with E-state index in [9.17, 15) is 0 Å². The lowest BCUT2D eigenvalue weighted by Gasteiger charge is -2.21. The van der Waals surface area contributed by atoms with Gasteiger partial charge in [0.25, 0.3) is 0 Å². The first kappa shape index (κ1) is 9.32. The minimum Gasteiger partial charge on any atom is -0.126 e. The zero-order chi connectivity index (χ0) is 7.33. The topological polar surface area (TPSA) is 0 Å². The van der Waals surface area contributed by atoms with E-state index in [1.807, 2.05) is 6.08 Å². The summed E-state index contributed by atoms with van der Waals surface area (Å²) in [6, 6.07) is 0. The van der Waals surface area contributed by atoms with E-state index in [4.69, 9.17) is 23.2 Å². The third-order valence-corrected chi connectivity index (χ3v) is 2.57. The monoisotopic (exact) mass is 166 g/mol. The fourth-order valence-corrected chi connectivity index (χ4v) is 0.997. The van der Waals surface area contributed by atoms with Crippen molar-refractivity contribution in [3.63, 3.8) is 0 Å². The second kappa shape index (κ2) is 4.19. The first-order valence-electron chi connectivity index (χ1n) is 2.91. The van der Waals surface area contributed by atoms with Crippen LogP contribution >= 0.6 is 23.2 Å². The van der Waals surface area contributed by atoms with Gasteiger partial charge in [0.2, 0.25) is 0 Å². The van der Waals surface area contributed by atoms with Gasteiger partial charge in [0.15, 0.2) is 0 Å². The van der Waals surface area contributed by atoms with Crippen LogP contribution in [-0.4, -0.2) is 11.8 Å². The molecule has 0 heterocycles. The van der Waals surface area contributed by atoms with Gasteiger partial charge in [-0.3, -0.25) is 0 Å². The molecule has 54 valence electrons. The van der Waals surface area contributed by atoms with Crippen molar-refractivity contribution in [1.82, 2.24) is 0 Å². The number of halogens is 2. The lowest BCUT2D eigenvalue weighted by molar-refractivity contribution is 0.435. The van der Waals surface area contributed by atoms with E-state index in [0.29, 0.717) is 11.8 Å². The van der Waals surface area contributed by atoms with Gasteiger partial charge in [0.05, 0.1) is 0 Å². The van der Waals surface area contributed by atoms with Crippen molar-refractivity contribution in [1.29, 1.82) is 0 Å². The van der Waals surface area contributed by atoms with E-state index < -0.39 is 0 Å². The van der Waals surface area contributed by atoms with Crippen LogP contribution in [0.25, 0.3) is 0 Å². The minimum atomic E-state index is 0.0465. The maximum Gasteiger partial charge on any atom is 0.0291 e. The zero-order valence-electron chi connectivity index (χ0n) is 5.66. The van der Waals surface area contributed by atoms with Crippen molar-refractivity contribution in [3.8, 4) is 0 Å². The van der Waals surface area contributed by atoms with Crippen LogP contribution in [0.5, 0.6) is 0 Å². The molecule has 0 aliphatic heterocycles. The van der Waals surface area contributed by atoms with Crippen molar-refractivity contribution in [2.75, 3.05) is 11.8 Å². The average molecular weight is 167 g/mol. The second-order valence-electron chi connectivity index (χ2n) is 2.57. The predicted molar refractivity (Wildman–Crippen MR) is 44.4 cm³/mol. The van der Waals surface area contributed by atoms with Crippen LogP contribution in [0.15, 0.2) is 12.7 Å². The Labute approximate surface area is 66.8 Å². The lowest BCUT2D eigenvalue weighted by atomic mass is 9.92. The Bertz CT molecular complexity index is 84.9. The van der Waals surface area contributed by atoms with Crippen LogP contribution in [-0.2, 0) is 0 Å². The molecule has 0 nitrogen and oxygen atoms in total. The van der Waals surface area contributed by atoms with Crippen LogP contribution in [0.4, 0.5) is 0 Å². The summed E-state index contributed by atoms with van der Waals surface area (Å²) in [5, 5.41) is 0. The van der Waals surface area contributed by atoms with Crippen LogP contribution in [0.1, 0.15) is 13.3 Å². The van der Waals surface area contributed by atoms with Crippen molar-refractivity contribution >= 4 is 23.2 Å². The molecular weight excluding hydrogens is 155 g/mol. The molecule has 0 aromatic rings. The molecule has 0 N–H and O–H groups in total. The summed E-state index contributed by atoms with van der Waals surface area (Å²) in [7, 11) is 0. The van der Waals surface area contributed by atoms with Gasteiger partial charge in [-0.25, -0.2) is 0 Å². The van der Waals surface area contributed by atoms with Crippen molar-refractivity contribution < 1.29 is 0 Å². The van der Waals surface area contributed by atoms with Gasteiger partial charge in [0.1, 0.15) is 0 Å². The van der Waals surface area contributed by atoms with E-state index in [-0.39, 0.29) is 5.41 Å². The lowest BCUT2D eigenvalue weighted by Crippen LogP contribution is -2.19. The summed E-state index contributed by atoms with van der Waals surface area (Å²) in [6.07, 6.45) is 2.74. The van der Waals surface area contributed by atoms with E-state index >= 15 is 0 Å². The number of alkyl halides is 2. The Morgan fingerprint density at radius 2 is 1.89 bits per heavy atom. The molecule has 0 fully saturated rings. The molecule has 0 unspecified atom stereocenters. The molecule has 0 aromatic heterocycles. The van der Waals surface area contributed by atoms with Gasteiger partial charge >= 0.3 is 0 Å². The summed E-state index contributed by atoms with van der Waals surface area (Å²) < 4.78 is 0. The Kier molecular flexibility index (Phi) is 4.33. The van der Waals surface area contributed by atoms with E-state index in [0.717, 1.165) is 6.42 Å². The quantitative estimate of drug-likeness (QED) is 0.446. The smallest absolute Gasteiger partial charge is 0.0291 e. The van der Waals surface area contributed by atoms with Gasteiger partial charge in [-0.2, -0.15) is 0 Å². The maximum absolute atomic E-state index is 5.66. The zero-order valence-corrected chi connectivity index (χ0v) is 7.17. The molecular formula is C7H12Cl2. The van der Waals surface area contributed by atoms with Crippen molar-refractivity contribution in [3.05, 3.63) is 12.7 Å². The van der Waals surface area contributed by atoms with Gasteiger partial charge < -0.3 is 0 Å². The molecule has 2 heteroatoms. The molecule has 0 radical (unpaired) electrons. The van der Waals surface area contributed by atoms with Gasteiger partial charge in [-0.1, -0.05) is 13.0 Å².